The first-order valence-corrected chi connectivity index (χ1v) is 13.0. The number of hydrogen-bond donors (Lipinski definition) is 4. The van der Waals surface area contributed by atoms with E-state index in [0.29, 0.717) is 25.8 Å². The van der Waals surface area contributed by atoms with Crippen molar-refractivity contribution in [3.8, 4) is 0 Å². The Morgan fingerprint density at radius 1 is 0.816 bits per heavy atom. The number of benzene rings is 2. The topological polar surface area (TPSA) is 116 Å². The molecule has 0 aliphatic heterocycles. The van der Waals surface area contributed by atoms with Crippen LogP contribution in [0.5, 0.6) is 0 Å². The van der Waals surface area contributed by atoms with Crippen molar-refractivity contribution in [3.63, 3.8) is 0 Å². The van der Waals surface area contributed by atoms with E-state index in [1.807, 2.05) is 68.5 Å². The van der Waals surface area contributed by atoms with Crippen molar-refractivity contribution >= 4 is 35.8 Å². The fourth-order valence-corrected chi connectivity index (χ4v) is 3.94. The molecule has 0 saturated carbocycles. The van der Waals surface area contributed by atoms with Crippen molar-refractivity contribution in [1.29, 1.82) is 0 Å². The number of aryl methyl sites for hydroxylation is 1. The molecule has 0 fully saturated rings. The molecule has 2 rings (SSSR count). The van der Waals surface area contributed by atoms with Gasteiger partial charge < -0.3 is 21.3 Å². The lowest BCUT2D eigenvalue weighted by Gasteiger charge is -2.20. The van der Waals surface area contributed by atoms with Gasteiger partial charge in [0.25, 0.3) is 0 Å². The van der Waals surface area contributed by atoms with Crippen molar-refractivity contribution in [3.05, 3.63) is 70.8 Å². The first-order valence-electron chi connectivity index (χ1n) is 13.0. The molecule has 0 aliphatic rings. The lowest BCUT2D eigenvalue weighted by Crippen LogP contribution is -2.49. The fourth-order valence-electron chi connectivity index (χ4n) is 3.94. The molecule has 2 aromatic rings. The van der Waals surface area contributed by atoms with Gasteiger partial charge in [-0.2, -0.15) is 0 Å². The van der Waals surface area contributed by atoms with Crippen molar-refractivity contribution in [2.75, 3.05) is 13.6 Å². The van der Waals surface area contributed by atoms with E-state index in [1.54, 1.807) is 14.0 Å². The van der Waals surface area contributed by atoms with Crippen molar-refractivity contribution in [2.24, 2.45) is 5.92 Å². The van der Waals surface area contributed by atoms with E-state index in [9.17, 15) is 19.2 Å². The van der Waals surface area contributed by atoms with Gasteiger partial charge in [0.05, 0.1) is 0 Å². The van der Waals surface area contributed by atoms with Crippen LogP contribution in [0, 0.1) is 5.92 Å². The number of carbonyl (C=O) groups excluding carboxylic acids is 4. The molecule has 2 atom stereocenters. The standard InChI is InChI=1S/C30H40N4O4/c1-20(2)28(34-22(4)35)30(38)32-17-16-26-11-7-9-24(19-26)13-12-23-8-6-10-25(18-23)14-15-27(36)33-21(3)29(37)31-5/h6-13,18-21,28H,14-17H2,1-5H3,(H,31,37)(H,32,38)(H,33,36)(H,34,35)/b13-12+/t21-,28-/m0/s1. The third kappa shape index (κ3) is 10.6. The van der Waals surface area contributed by atoms with Gasteiger partial charge in [-0.15, -0.1) is 0 Å². The van der Waals surface area contributed by atoms with Crippen LogP contribution >= 0.6 is 0 Å². The first-order chi connectivity index (χ1) is 18.1. The smallest absolute Gasteiger partial charge is 0.242 e. The minimum absolute atomic E-state index is 0.000685. The van der Waals surface area contributed by atoms with E-state index < -0.39 is 12.1 Å². The van der Waals surface area contributed by atoms with Gasteiger partial charge in [-0.1, -0.05) is 74.5 Å². The lowest BCUT2D eigenvalue weighted by molar-refractivity contribution is -0.129. The van der Waals surface area contributed by atoms with Crippen molar-refractivity contribution in [2.45, 2.75) is 59.0 Å². The summed E-state index contributed by atoms with van der Waals surface area (Å²) in [5, 5.41) is 10.8. The van der Waals surface area contributed by atoms with E-state index in [0.717, 1.165) is 22.3 Å². The molecule has 38 heavy (non-hydrogen) atoms. The third-order valence-electron chi connectivity index (χ3n) is 6.05. The van der Waals surface area contributed by atoms with Crippen LogP contribution in [0.1, 0.15) is 56.4 Å². The molecular formula is C30H40N4O4. The second-order valence-electron chi connectivity index (χ2n) is 9.69. The molecule has 0 unspecified atom stereocenters. The van der Waals surface area contributed by atoms with Gasteiger partial charge in [-0.05, 0) is 47.9 Å². The Morgan fingerprint density at radius 2 is 1.39 bits per heavy atom. The average molecular weight is 521 g/mol. The maximum absolute atomic E-state index is 12.5. The van der Waals surface area contributed by atoms with Gasteiger partial charge in [0, 0.05) is 26.9 Å². The highest BCUT2D eigenvalue weighted by Crippen LogP contribution is 2.14. The van der Waals surface area contributed by atoms with Gasteiger partial charge in [0.15, 0.2) is 0 Å². The van der Waals surface area contributed by atoms with Crippen LogP contribution in [0.15, 0.2) is 48.5 Å². The number of rotatable bonds is 13. The van der Waals surface area contributed by atoms with Crippen molar-refractivity contribution in [1.82, 2.24) is 21.3 Å². The van der Waals surface area contributed by atoms with E-state index >= 15 is 0 Å². The maximum atomic E-state index is 12.5. The van der Waals surface area contributed by atoms with Crippen LogP contribution in [-0.2, 0) is 32.0 Å². The molecule has 0 heterocycles. The number of hydrogen-bond acceptors (Lipinski definition) is 4. The molecular weight excluding hydrogens is 480 g/mol. The SMILES string of the molecule is CNC(=O)[C@H](C)NC(=O)CCc1cccc(/C=C/c2cccc(CCNC(=O)[C@@H](NC(C)=O)C(C)C)c2)c1. The Labute approximate surface area is 225 Å². The zero-order valence-electron chi connectivity index (χ0n) is 23.0. The summed E-state index contributed by atoms with van der Waals surface area (Å²) in [4.78, 5) is 47.6. The summed E-state index contributed by atoms with van der Waals surface area (Å²) in [5.74, 6) is -0.780. The fraction of sp³-hybridized carbons (Fsp3) is 0.400. The largest absolute Gasteiger partial charge is 0.357 e. The zero-order valence-corrected chi connectivity index (χ0v) is 23.0. The van der Waals surface area contributed by atoms with Gasteiger partial charge in [0.1, 0.15) is 12.1 Å². The number of likely N-dealkylation sites (N-methyl/N-ethyl adjacent to an activating group) is 1. The summed E-state index contributed by atoms with van der Waals surface area (Å²) in [6.07, 6.45) is 5.61. The normalized spacial score (nSPS) is 12.6. The maximum Gasteiger partial charge on any atom is 0.242 e. The summed E-state index contributed by atoms with van der Waals surface area (Å²) < 4.78 is 0. The second-order valence-corrected chi connectivity index (χ2v) is 9.69. The zero-order chi connectivity index (χ0) is 28.1. The number of carbonyl (C=O) groups is 4. The molecule has 0 bridgehead atoms. The number of amides is 4. The minimum atomic E-state index is -0.561. The van der Waals surface area contributed by atoms with Crippen LogP contribution in [0.2, 0.25) is 0 Å². The molecule has 2 aromatic carbocycles. The molecule has 8 heteroatoms. The molecule has 0 radical (unpaired) electrons. The summed E-state index contributed by atoms with van der Waals surface area (Å²) in [6, 6.07) is 15.0. The van der Waals surface area contributed by atoms with Crippen LogP contribution in [-0.4, -0.2) is 49.3 Å². The highest BCUT2D eigenvalue weighted by atomic mass is 16.2. The summed E-state index contributed by atoms with van der Waals surface area (Å²) in [5.41, 5.74) is 4.20. The molecule has 4 amide bonds. The number of nitrogens with one attached hydrogen (secondary N) is 4. The lowest BCUT2D eigenvalue weighted by atomic mass is 10.0. The van der Waals surface area contributed by atoms with Crippen LogP contribution in [0.3, 0.4) is 0 Å². The van der Waals surface area contributed by atoms with Crippen LogP contribution < -0.4 is 21.3 Å². The van der Waals surface area contributed by atoms with E-state index in [-0.39, 0.29) is 29.5 Å². The third-order valence-corrected chi connectivity index (χ3v) is 6.05. The predicted octanol–water partition coefficient (Wildman–Crippen LogP) is 2.86. The summed E-state index contributed by atoms with van der Waals surface area (Å²) >= 11 is 0. The van der Waals surface area contributed by atoms with Crippen molar-refractivity contribution < 1.29 is 19.2 Å². The quantitative estimate of drug-likeness (QED) is 0.304. The van der Waals surface area contributed by atoms with E-state index in [1.165, 1.54) is 6.92 Å². The molecule has 4 N–H and O–H groups in total. The monoisotopic (exact) mass is 520 g/mol. The highest BCUT2D eigenvalue weighted by Gasteiger charge is 2.22. The van der Waals surface area contributed by atoms with E-state index in [4.69, 9.17) is 0 Å². The molecule has 0 spiro atoms. The van der Waals surface area contributed by atoms with Gasteiger partial charge in [-0.25, -0.2) is 0 Å². The Balaban J connectivity index is 1.90. The highest BCUT2D eigenvalue weighted by molar-refractivity contribution is 5.87. The predicted molar refractivity (Wildman–Crippen MR) is 151 cm³/mol. The molecule has 0 saturated heterocycles. The Hall–Kier alpha value is -3.94. The first kappa shape index (κ1) is 30.3. The molecule has 8 nitrogen and oxygen atoms in total. The summed E-state index contributed by atoms with van der Waals surface area (Å²) in [6.45, 7) is 7.35. The molecule has 0 aromatic heterocycles. The Kier molecular flexibility index (Phi) is 12.2. The molecule has 204 valence electrons. The van der Waals surface area contributed by atoms with E-state index in [2.05, 4.69) is 27.3 Å². The summed E-state index contributed by atoms with van der Waals surface area (Å²) in [7, 11) is 1.54. The van der Waals surface area contributed by atoms with Gasteiger partial charge in [-0.3, -0.25) is 19.2 Å². The van der Waals surface area contributed by atoms with Gasteiger partial charge in [0.2, 0.25) is 23.6 Å². The Morgan fingerprint density at radius 3 is 1.92 bits per heavy atom. The van der Waals surface area contributed by atoms with Gasteiger partial charge >= 0.3 is 0 Å². The second kappa shape index (κ2) is 15.3. The van der Waals surface area contributed by atoms with Crippen LogP contribution in [0.25, 0.3) is 12.2 Å². The Bertz CT molecular complexity index is 1140. The minimum Gasteiger partial charge on any atom is -0.357 e. The molecule has 0 aliphatic carbocycles. The average Bonchev–Trinajstić information content (AvgIpc) is 2.89. The van der Waals surface area contributed by atoms with Crippen LogP contribution in [0.4, 0.5) is 0 Å².